The molecule has 0 aromatic heterocycles. The zero-order chi connectivity index (χ0) is 13.1. The normalized spacial score (nSPS) is 10.2. The first kappa shape index (κ1) is 12.2. The summed E-state index contributed by atoms with van der Waals surface area (Å²) < 4.78 is 27.3. The Bertz CT molecular complexity index is 596. The van der Waals surface area contributed by atoms with Crippen LogP contribution in [-0.4, -0.2) is 6.41 Å². The van der Waals surface area contributed by atoms with Crippen molar-refractivity contribution in [2.24, 2.45) is 0 Å². The number of rotatable bonds is 3. The molecule has 4 heteroatoms. The average molecular weight is 247 g/mol. The Labute approximate surface area is 103 Å². The largest absolute Gasteiger partial charge is 0.326 e. The minimum atomic E-state index is -0.571. The Balaban J connectivity index is 2.60. The second-order valence-corrected chi connectivity index (χ2v) is 3.89. The van der Waals surface area contributed by atoms with Gasteiger partial charge in [-0.05, 0) is 36.2 Å². The predicted molar refractivity (Wildman–Crippen MR) is 66.2 cm³/mol. The first-order chi connectivity index (χ1) is 8.63. The molecule has 2 aromatic carbocycles. The highest BCUT2D eigenvalue weighted by atomic mass is 19.1. The maximum atomic E-state index is 14.1. The first-order valence-corrected chi connectivity index (χ1v) is 5.38. The van der Waals surface area contributed by atoms with Gasteiger partial charge in [0.25, 0.3) is 0 Å². The van der Waals surface area contributed by atoms with Crippen molar-refractivity contribution in [3.63, 3.8) is 0 Å². The molecule has 0 aliphatic rings. The summed E-state index contributed by atoms with van der Waals surface area (Å²) >= 11 is 0. The van der Waals surface area contributed by atoms with Crippen molar-refractivity contribution < 1.29 is 13.6 Å². The van der Waals surface area contributed by atoms with Crippen molar-refractivity contribution in [1.29, 1.82) is 0 Å². The number of anilines is 1. The summed E-state index contributed by atoms with van der Waals surface area (Å²) in [5.41, 5.74) is 1.57. The zero-order valence-corrected chi connectivity index (χ0v) is 9.71. The average Bonchev–Trinajstić information content (AvgIpc) is 2.35. The third kappa shape index (κ3) is 2.22. The quantitative estimate of drug-likeness (QED) is 0.826. The van der Waals surface area contributed by atoms with E-state index in [0.29, 0.717) is 12.0 Å². The molecule has 0 unspecified atom stereocenters. The molecule has 0 fully saturated rings. The van der Waals surface area contributed by atoms with Crippen LogP contribution in [0, 0.1) is 18.6 Å². The molecule has 2 rings (SSSR count). The Morgan fingerprint density at radius 2 is 1.89 bits per heavy atom. The number of aryl methyl sites for hydroxylation is 1. The van der Waals surface area contributed by atoms with Crippen LogP contribution in [0.4, 0.5) is 14.5 Å². The fraction of sp³-hybridized carbons (Fsp3) is 0.0714. The number of hydrogen-bond acceptors (Lipinski definition) is 1. The van der Waals surface area contributed by atoms with Crippen molar-refractivity contribution in [1.82, 2.24) is 0 Å². The maximum Gasteiger partial charge on any atom is 0.211 e. The van der Waals surface area contributed by atoms with Crippen LogP contribution in [0.1, 0.15) is 5.56 Å². The van der Waals surface area contributed by atoms with E-state index in [2.05, 4.69) is 5.32 Å². The van der Waals surface area contributed by atoms with Crippen LogP contribution in [-0.2, 0) is 4.79 Å². The highest BCUT2D eigenvalue weighted by Gasteiger charge is 2.12. The van der Waals surface area contributed by atoms with Gasteiger partial charge in [-0.25, -0.2) is 8.78 Å². The smallest absolute Gasteiger partial charge is 0.211 e. The van der Waals surface area contributed by atoms with E-state index in [1.165, 1.54) is 18.2 Å². The molecule has 92 valence electrons. The summed E-state index contributed by atoms with van der Waals surface area (Å²) in [6.45, 7) is 1.77. The van der Waals surface area contributed by atoms with Crippen molar-refractivity contribution in [3.05, 3.63) is 53.6 Å². The number of nitrogens with one attached hydrogen (secondary N) is 1. The van der Waals surface area contributed by atoms with E-state index < -0.39 is 11.6 Å². The van der Waals surface area contributed by atoms with Crippen LogP contribution in [0.25, 0.3) is 11.1 Å². The van der Waals surface area contributed by atoms with Gasteiger partial charge >= 0.3 is 0 Å². The minimum Gasteiger partial charge on any atom is -0.326 e. The SMILES string of the molecule is Cc1ccc(F)cc1-c1cccc(NC=O)c1F. The van der Waals surface area contributed by atoms with E-state index >= 15 is 0 Å². The van der Waals surface area contributed by atoms with Gasteiger partial charge in [-0.1, -0.05) is 18.2 Å². The molecule has 0 saturated carbocycles. The molecule has 2 aromatic rings. The zero-order valence-electron chi connectivity index (χ0n) is 9.71. The highest BCUT2D eigenvalue weighted by molar-refractivity contribution is 5.77. The Kier molecular flexibility index (Phi) is 3.37. The summed E-state index contributed by atoms with van der Waals surface area (Å²) in [5, 5.41) is 2.27. The van der Waals surface area contributed by atoms with Gasteiger partial charge in [-0.2, -0.15) is 0 Å². The predicted octanol–water partition coefficient (Wildman–Crippen LogP) is 3.51. The van der Waals surface area contributed by atoms with Crippen molar-refractivity contribution >= 4 is 12.1 Å². The van der Waals surface area contributed by atoms with Gasteiger partial charge < -0.3 is 5.32 Å². The summed E-state index contributed by atoms with van der Waals surface area (Å²) in [6.07, 6.45) is 0.403. The summed E-state index contributed by atoms with van der Waals surface area (Å²) in [4.78, 5) is 10.4. The molecule has 0 spiro atoms. The van der Waals surface area contributed by atoms with Gasteiger partial charge in [0.05, 0.1) is 5.69 Å². The highest BCUT2D eigenvalue weighted by Crippen LogP contribution is 2.30. The van der Waals surface area contributed by atoms with Crippen LogP contribution in [0.5, 0.6) is 0 Å². The molecule has 0 atom stereocenters. The molecular formula is C14H11F2NO. The van der Waals surface area contributed by atoms with Crippen LogP contribution in [0.3, 0.4) is 0 Å². The number of hydrogen-bond donors (Lipinski definition) is 1. The van der Waals surface area contributed by atoms with Crippen molar-refractivity contribution in [2.45, 2.75) is 6.92 Å². The van der Waals surface area contributed by atoms with Gasteiger partial charge in [0.2, 0.25) is 6.41 Å². The topological polar surface area (TPSA) is 29.1 Å². The lowest BCUT2D eigenvalue weighted by Gasteiger charge is -2.10. The molecule has 0 bridgehead atoms. The lowest BCUT2D eigenvalue weighted by atomic mass is 9.99. The van der Waals surface area contributed by atoms with Gasteiger partial charge in [0.1, 0.15) is 5.82 Å². The van der Waals surface area contributed by atoms with E-state index in [4.69, 9.17) is 0 Å². The molecule has 1 N–H and O–H groups in total. The third-order valence-corrected chi connectivity index (χ3v) is 2.70. The van der Waals surface area contributed by atoms with E-state index in [-0.39, 0.29) is 11.3 Å². The summed E-state index contributed by atoms with van der Waals surface area (Å²) in [7, 11) is 0. The Hall–Kier alpha value is -2.23. The summed E-state index contributed by atoms with van der Waals surface area (Å²) in [6, 6.07) is 8.79. The number of halogens is 2. The molecule has 0 heterocycles. The maximum absolute atomic E-state index is 14.1. The van der Waals surface area contributed by atoms with Crippen LogP contribution in [0.2, 0.25) is 0 Å². The molecular weight excluding hydrogens is 236 g/mol. The molecule has 0 radical (unpaired) electrons. The van der Waals surface area contributed by atoms with E-state index in [0.717, 1.165) is 5.56 Å². The lowest BCUT2D eigenvalue weighted by Crippen LogP contribution is -1.99. The van der Waals surface area contributed by atoms with E-state index in [9.17, 15) is 13.6 Å². The van der Waals surface area contributed by atoms with Crippen molar-refractivity contribution in [2.75, 3.05) is 5.32 Å². The molecule has 1 amide bonds. The van der Waals surface area contributed by atoms with Crippen LogP contribution < -0.4 is 5.32 Å². The second kappa shape index (κ2) is 4.96. The molecule has 0 saturated heterocycles. The molecule has 0 aliphatic heterocycles. The molecule has 2 nitrogen and oxygen atoms in total. The van der Waals surface area contributed by atoms with Crippen molar-refractivity contribution in [3.8, 4) is 11.1 Å². The minimum absolute atomic E-state index is 0.0751. The van der Waals surface area contributed by atoms with Gasteiger partial charge in [-0.3, -0.25) is 4.79 Å². The first-order valence-electron chi connectivity index (χ1n) is 5.38. The second-order valence-electron chi connectivity index (χ2n) is 3.89. The molecule has 0 aliphatic carbocycles. The number of amides is 1. The number of carbonyl (C=O) groups is 1. The third-order valence-electron chi connectivity index (χ3n) is 2.70. The Morgan fingerprint density at radius 3 is 2.61 bits per heavy atom. The fourth-order valence-electron chi connectivity index (χ4n) is 1.80. The Morgan fingerprint density at radius 1 is 1.11 bits per heavy atom. The van der Waals surface area contributed by atoms with Crippen LogP contribution in [0.15, 0.2) is 36.4 Å². The van der Waals surface area contributed by atoms with E-state index in [1.807, 2.05) is 0 Å². The fourth-order valence-corrected chi connectivity index (χ4v) is 1.80. The lowest BCUT2D eigenvalue weighted by molar-refractivity contribution is -0.105. The van der Waals surface area contributed by atoms with E-state index in [1.54, 1.807) is 25.1 Å². The standard InChI is InChI=1S/C14H11F2NO/c1-9-5-6-10(15)7-12(9)11-3-2-4-13(14(11)16)17-8-18/h2-8H,1H3,(H,17,18). The molecule has 18 heavy (non-hydrogen) atoms. The summed E-state index contributed by atoms with van der Waals surface area (Å²) in [5.74, 6) is -0.998. The number of benzene rings is 2. The van der Waals surface area contributed by atoms with Gasteiger partial charge in [0.15, 0.2) is 5.82 Å². The van der Waals surface area contributed by atoms with Gasteiger partial charge in [0, 0.05) is 5.56 Å². The number of carbonyl (C=O) groups excluding carboxylic acids is 1. The van der Waals surface area contributed by atoms with Gasteiger partial charge in [-0.15, -0.1) is 0 Å². The van der Waals surface area contributed by atoms with Crippen LogP contribution >= 0.6 is 0 Å². The monoisotopic (exact) mass is 247 g/mol.